The van der Waals surface area contributed by atoms with Crippen LogP contribution in [0.1, 0.15) is 30.6 Å². The molecule has 0 fully saturated rings. The molecule has 1 aliphatic rings. The van der Waals surface area contributed by atoms with Crippen LogP contribution in [0.15, 0.2) is 22.7 Å². The highest BCUT2D eigenvalue weighted by Crippen LogP contribution is 2.32. The van der Waals surface area contributed by atoms with E-state index in [1.807, 2.05) is 0 Å². The monoisotopic (exact) mass is 280 g/mol. The van der Waals surface area contributed by atoms with Crippen LogP contribution < -0.4 is 5.43 Å². The van der Waals surface area contributed by atoms with Gasteiger partial charge < -0.3 is 5.43 Å². The number of aromatic nitrogens is 3. The maximum Gasteiger partial charge on any atom is 0.210 e. The Kier molecular flexibility index (Phi) is 3.30. The fourth-order valence-electron chi connectivity index (χ4n) is 2.01. The molecule has 96 valence electrons. The lowest BCUT2D eigenvalue weighted by molar-refractivity contribution is 0.573. The van der Waals surface area contributed by atoms with Crippen LogP contribution in [0, 0.1) is 5.92 Å². The molecule has 3 rings (SSSR count). The molecule has 1 atom stereocenters. The van der Waals surface area contributed by atoms with Gasteiger partial charge in [0, 0.05) is 17.1 Å². The normalized spacial score (nSPS) is 18.7. The molecule has 18 heavy (non-hydrogen) atoms. The number of rotatable bonds is 3. The summed E-state index contributed by atoms with van der Waals surface area (Å²) in [5.41, 5.74) is 3.53. The van der Waals surface area contributed by atoms with E-state index in [1.54, 1.807) is 23.1 Å². The Bertz CT molecular complexity index is 518. The molecule has 0 aliphatic carbocycles. The number of thiophene rings is 1. The van der Waals surface area contributed by atoms with Crippen LogP contribution in [-0.4, -0.2) is 20.6 Å². The number of nitrogens with zero attached hydrogens (tertiary/aromatic N) is 3. The van der Waals surface area contributed by atoms with Gasteiger partial charge in [-0.05, 0) is 17.4 Å². The molecule has 2 aromatic rings. The predicted molar refractivity (Wildman–Crippen MR) is 75.7 cm³/mol. The Morgan fingerprint density at radius 3 is 3.11 bits per heavy atom. The molecule has 6 heteroatoms. The number of thioether (sulfide) groups is 1. The molecule has 1 aliphatic heterocycles. The quantitative estimate of drug-likeness (QED) is 0.938. The first-order valence-electron chi connectivity index (χ1n) is 6.11. The van der Waals surface area contributed by atoms with Gasteiger partial charge in [0.05, 0.1) is 6.04 Å². The van der Waals surface area contributed by atoms with Crippen molar-refractivity contribution in [2.45, 2.75) is 31.5 Å². The highest BCUT2D eigenvalue weighted by Gasteiger charge is 2.24. The van der Waals surface area contributed by atoms with Gasteiger partial charge in [0.15, 0.2) is 5.82 Å². The second kappa shape index (κ2) is 4.93. The molecule has 0 bridgehead atoms. The first kappa shape index (κ1) is 12.0. The second-order valence-corrected chi connectivity index (χ2v) is 6.81. The molecule has 0 saturated heterocycles. The summed E-state index contributed by atoms with van der Waals surface area (Å²) in [6.07, 6.45) is 0.956. The van der Waals surface area contributed by atoms with E-state index in [4.69, 9.17) is 0 Å². The lowest BCUT2D eigenvalue weighted by atomic mass is 10.1. The van der Waals surface area contributed by atoms with E-state index in [9.17, 15) is 0 Å². The fourth-order valence-corrected chi connectivity index (χ4v) is 3.84. The van der Waals surface area contributed by atoms with Crippen molar-refractivity contribution in [1.82, 2.24) is 14.9 Å². The summed E-state index contributed by atoms with van der Waals surface area (Å²) < 4.78 is 2.07. The van der Waals surface area contributed by atoms with E-state index in [-0.39, 0.29) is 0 Å². The van der Waals surface area contributed by atoms with Crippen molar-refractivity contribution in [2.24, 2.45) is 5.92 Å². The SMILES string of the molecule is CC(C)Cc1nnc2n1NC(c1cccs1)CS2. The van der Waals surface area contributed by atoms with Crippen molar-refractivity contribution < 1.29 is 0 Å². The third-order valence-electron chi connectivity index (χ3n) is 2.84. The Hall–Kier alpha value is -1.01. The minimum Gasteiger partial charge on any atom is -0.313 e. The highest BCUT2D eigenvalue weighted by atomic mass is 32.2. The van der Waals surface area contributed by atoms with Gasteiger partial charge >= 0.3 is 0 Å². The van der Waals surface area contributed by atoms with Crippen molar-refractivity contribution >= 4 is 23.1 Å². The van der Waals surface area contributed by atoms with Gasteiger partial charge in [-0.15, -0.1) is 21.5 Å². The molecule has 3 heterocycles. The van der Waals surface area contributed by atoms with Crippen LogP contribution in [0.4, 0.5) is 0 Å². The van der Waals surface area contributed by atoms with Crippen molar-refractivity contribution in [3.05, 3.63) is 28.2 Å². The lowest BCUT2D eigenvalue weighted by Gasteiger charge is -2.25. The zero-order valence-electron chi connectivity index (χ0n) is 10.5. The van der Waals surface area contributed by atoms with Gasteiger partial charge in [-0.3, -0.25) is 0 Å². The van der Waals surface area contributed by atoms with E-state index in [2.05, 4.69) is 51.7 Å². The smallest absolute Gasteiger partial charge is 0.210 e. The van der Waals surface area contributed by atoms with Crippen LogP contribution in [0.3, 0.4) is 0 Å². The summed E-state index contributed by atoms with van der Waals surface area (Å²) in [4.78, 5) is 1.37. The van der Waals surface area contributed by atoms with E-state index in [1.165, 1.54) is 4.88 Å². The summed E-state index contributed by atoms with van der Waals surface area (Å²) in [6, 6.07) is 4.65. The third kappa shape index (κ3) is 2.27. The molecular weight excluding hydrogens is 264 g/mol. The van der Waals surface area contributed by atoms with Gasteiger partial charge in [0.1, 0.15) is 0 Å². The summed E-state index contributed by atoms with van der Waals surface area (Å²) in [5.74, 6) is 2.64. The first-order chi connectivity index (χ1) is 8.74. The summed E-state index contributed by atoms with van der Waals surface area (Å²) in [6.45, 7) is 4.41. The molecule has 1 unspecified atom stereocenters. The van der Waals surface area contributed by atoms with Gasteiger partial charge in [0.25, 0.3) is 0 Å². The molecule has 4 nitrogen and oxygen atoms in total. The van der Waals surface area contributed by atoms with Gasteiger partial charge in [-0.1, -0.05) is 31.7 Å². The standard InChI is InChI=1S/C12H16N4S2/c1-8(2)6-11-13-14-12-16(11)15-9(7-18-12)10-4-3-5-17-10/h3-5,8-9,15H,6-7H2,1-2H3. The van der Waals surface area contributed by atoms with Crippen LogP contribution >= 0.6 is 23.1 Å². The molecule has 2 aromatic heterocycles. The first-order valence-corrected chi connectivity index (χ1v) is 7.97. The molecule has 0 radical (unpaired) electrons. The van der Waals surface area contributed by atoms with Gasteiger partial charge in [0.2, 0.25) is 5.16 Å². The molecule has 0 spiro atoms. The van der Waals surface area contributed by atoms with E-state index < -0.39 is 0 Å². The lowest BCUT2D eigenvalue weighted by Crippen LogP contribution is -2.29. The zero-order valence-corrected chi connectivity index (χ0v) is 12.1. The van der Waals surface area contributed by atoms with Crippen LogP contribution in [0.25, 0.3) is 0 Å². The maximum absolute atomic E-state index is 4.29. The fraction of sp³-hybridized carbons (Fsp3) is 0.500. The molecule has 0 aromatic carbocycles. The van der Waals surface area contributed by atoms with Crippen molar-refractivity contribution in [1.29, 1.82) is 0 Å². The van der Waals surface area contributed by atoms with Crippen molar-refractivity contribution in [3.63, 3.8) is 0 Å². The van der Waals surface area contributed by atoms with Crippen LogP contribution in [0.5, 0.6) is 0 Å². The average Bonchev–Trinajstić information content (AvgIpc) is 2.98. The maximum atomic E-state index is 4.29. The predicted octanol–water partition coefficient (Wildman–Crippen LogP) is 2.93. The summed E-state index contributed by atoms with van der Waals surface area (Å²) in [7, 11) is 0. The minimum absolute atomic E-state index is 0.365. The Morgan fingerprint density at radius 1 is 1.50 bits per heavy atom. The Labute approximate surface area is 115 Å². The minimum atomic E-state index is 0.365. The molecular formula is C12H16N4S2. The number of hydrogen-bond acceptors (Lipinski definition) is 5. The summed E-state index contributed by atoms with van der Waals surface area (Å²) >= 11 is 3.57. The van der Waals surface area contributed by atoms with E-state index in [0.717, 1.165) is 23.2 Å². The number of hydrogen-bond donors (Lipinski definition) is 1. The second-order valence-electron chi connectivity index (χ2n) is 4.84. The van der Waals surface area contributed by atoms with Crippen LogP contribution in [-0.2, 0) is 6.42 Å². The van der Waals surface area contributed by atoms with Gasteiger partial charge in [-0.2, -0.15) is 0 Å². The Balaban J connectivity index is 1.84. The molecule has 0 amide bonds. The molecule has 1 N–H and O–H groups in total. The van der Waals surface area contributed by atoms with Crippen molar-refractivity contribution in [2.75, 3.05) is 11.2 Å². The number of fused-ring (bicyclic) bond motifs is 1. The topological polar surface area (TPSA) is 42.7 Å². The average molecular weight is 280 g/mol. The zero-order chi connectivity index (χ0) is 12.5. The summed E-state index contributed by atoms with van der Waals surface area (Å²) in [5, 5.41) is 11.6. The van der Waals surface area contributed by atoms with Crippen molar-refractivity contribution in [3.8, 4) is 0 Å². The van der Waals surface area contributed by atoms with E-state index in [0.29, 0.717) is 12.0 Å². The van der Waals surface area contributed by atoms with Crippen LogP contribution in [0.2, 0.25) is 0 Å². The largest absolute Gasteiger partial charge is 0.313 e. The highest BCUT2D eigenvalue weighted by molar-refractivity contribution is 7.99. The molecule has 0 saturated carbocycles. The Morgan fingerprint density at radius 2 is 2.39 bits per heavy atom. The third-order valence-corrected chi connectivity index (χ3v) is 4.85. The van der Waals surface area contributed by atoms with E-state index >= 15 is 0 Å². The van der Waals surface area contributed by atoms with Gasteiger partial charge in [-0.25, -0.2) is 4.68 Å². The number of nitrogens with one attached hydrogen (secondary N) is 1.